The second-order valence-electron chi connectivity index (χ2n) is 6.49. The molecule has 2 aromatic heterocycles. The number of hydrogen-bond donors (Lipinski definition) is 1. The lowest BCUT2D eigenvalue weighted by atomic mass is 10.1. The monoisotopic (exact) mass is 456 g/mol. The minimum atomic E-state index is -0.395. The van der Waals surface area contributed by atoms with Gasteiger partial charge in [-0.3, -0.25) is 14.2 Å². The van der Waals surface area contributed by atoms with Crippen LogP contribution >= 0.6 is 22.9 Å². The van der Waals surface area contributed by atoms with Crippen LogP contribution in [0.5, 0.6) is 11.5 Å². The second-order valence-corrected chi connectivity index (χ2v) is 7.79. The fraction of sp³-hybridized carbons (Fsp3) is 0.143. The SMILES string of the molecule is COc1ccc(-c2csc(NC(=O)Cn3cnc4ccc(Cl)cc4c3=O)n2)c(OC)c1. The van der Waals surface area contributed by atoms with Gasteiger partial charge < -0.3 is 14.8 Å². The van der Waals surface area contributed by atoms with Crippen molar-refractivity contribution in [2.45, 2.75) is 6.54 Å². The molecule has 1 N–H and O–H groups in total. The van der Waals surface area contributed by atoms with Crippen molar-refractivity contribution in [3.8, 4) is 22.8 Å². The Labute approximate surface area is 186 Å². The van der Waals surface area contributed by atoms with E-state index in [2.05, 4.69) is 15.3 Å². The molecule has 0 unspecified atom stereocenters. The van der Waals surface area contributed by atoms with E-state index in [0.29, 0.717) is 38.3 Å². The first-order chi connectivity index (χ1) is 15.0. The Balaban J connectivity index is 1.52. The molecule has 10 heteroatoms. The van der Waals surface area contributed by atoms with Gasteiger partial charge in [-0.2, -0.15) is 0 Å². The van der Waals surface area contributed by atoms with E-state index in [1.165, 1.54) is 28.3 Å². The lowest BCUT2D eigenvalue weighted by Gasteiger charge is -2.08. The molecular weight excluding hydrogens is 440 g/mol. The molecule has 0 fully saturated rings. The number of benzene rings is 2. The first kappa shape index (κ1) is 20.8. The minimum absolute atomic E-state index is 0.199. The Hall–Kier alpha value is -3.43. The number of anilines is 1. The number of carbonyl (C=O) groups excluding carboxylic acids is 1. The third-order valence-corrected chi connectivity index (χ3v) is 5.53. The minimum Gasteiger partial charge on any atom is -0.497 e. The number of aromatic nitrogens is 3. The van der Waals surface area contributed by atoms with Crippen LogP contribution in [0.25, 0.3) is 22.2 Å². The van der Waals surface area contributed by atoms with Crippen molar-refractivity contribution in [3.05, 3.63) is 63.5 Å². The van der Waals surface area contributed by atoms with E-state index in [0.717, 1.165) is 5.56 Å². The number of methoxy groups -OCH3 is 2. The first-order valence-corrected chi connectivity index (χ1v) is 10.4. The van der Waals surface area contributed by atoms with Crippen molar-refractivity contribution >= 4 is 44.9 Å². The Morgan fingerprint density at radius 3 is 2.81 bits per heavy atom. The van der Waals surface area contributed by atoms with Crippen LogP contribution < -0.4 is 20.3 Å². The summed E-state index contributed by atoms with van der Waals surface area (Å²) in [5, 5.41) is 5.71. The number of ether oxygens (including phenoxy) is 2. The quantitative estimate of drug-likeness (QED) is 0.473. The van der Waals surface area contributed by atoms with Crippen LogP contribution in [0, 0.1) is 0 Å². The average Bonchev–Trinajstić information content (AvgIpc) is 3.23. The Morgan fingerprint density at radius 2 is 2.03 bits per heavy atom. The first-order valence-electron chi connectivity index (χ1n) is 9.11. The molecule has 8 nitrogen and oxygen atoms in total. The predicted molar refractivity (Wildman–Crippen MR) is 120 cm³/mol. The van der Waals surface area contributed by atoms with Gasteiger partial charge >= 0.3 is 0 Å². The van der Waals surface area contributed by atoms with E-state index in [1.54, 1.807) is 38.5 Å². The van der Waals surface area contributed by atoms with Gasteiger partial charge in [0.1, 0.15) is 18.0 Å². The molecule has 0 saturated carbocycles. The number of fused-ring (bicyclic) bond motifs is 1. The van der Waals surface area contributed by atoms with Crippen LogP contribution in [-0.2, 0) is 11.3 Å². The van der Waals surface area contributed by atoms with E-state index < -0.39 is 5.91 Å². The molecule has 0 aliphatic rings. The van der Waals surface area contributed by atoms with E-state index in [1.807, 2.05) is 11.4 Å². The van der Waals surface area contributed by atoms with E-state index >= 15 is 0 Å². The smallest absolute Gasteiger partial charge is 0.261 e. The number of nitrogens with one attached hydrogen (secondary N) is 1. The summed E-state index contributed by atoms with van der Waals surface area (Å²) in [6.45, 7) is -0.199. The van der Waals surface area contributed by atoms with Crippen LogP contribution in [0.15, 0.2) is 52.9 Å². The maximum Gasteiger partial charge on any atom is 0.261 e. The molecule has 2 heterocycles. The summed E-state index contributed by atoms with van der Waals surface area (Å²) >= 11 is 7.24. The number of halogens is 1. The highest BCUT2D eigenvalue weighted by atomic mass is 35.5. The maximum absolute atomic E-state index is 12.6. The van der Waals surface area contributed by atoms with Gasteiger partial charge in [-0.05, 0) is 30.3 Å². The van der Waals surface area contributed by atoms with Gasteiger partial charge in [-0.1, -0.05) is 11.6 Å². The highest BCUT2D eigenvalue weighted by molar-refractivity contribution is 7.14. The number of hydrogen-bond acceptors (Lipinski definition) is 7. The van der Waals surface area contributed by atoms with Crippen molar-refractivity contribution in [3.63, 3.8) is 0 Å². The molecule has 0 bridgehead atoms. The molecule has 158 valence electrons. The molecule has 1 amide bonds. The molecule has 0 saturated heterocycles. The molecule has 0 radical (unpaired) electrons. The topological polar surface area (TPSA) is 95.3 Å². The number of thiazole rings is 1. The van der Waals surface area contributed by atoms with Crippen LogP contribution in [-0.4, -0.2) is 34.7 Å². The molecule has 4 aromatic rings. The van der Waals surface area contributed by atoms with Gasteiger partial charge in [0.05, 0.1) is 37.1 Å². The van der Waals surface area contributed by atoms with Gasteiger partial charge in [-0.25, -0.2) is 9.97 Å². The summed E-state index contributed by atoms with van der Waals surface area (Å²) in [7, 11) is 3.14. The largest absolute Gasteiger partial charge is 0.497 e. The summed E-state index contributed by atoms with van der Waals surface area (Å²) in [5.41, 5.74) is 1.60. The molecule has 2 aromatic carbocycles. The van der Waals surface area contributed by atoms with Gasteiger partial charge in [0.2, 0.25) is 5.91 Å². The Kier molecular flexibility index (Phi) is 5.88. The molecular formula is C21H17ClN4O4S. The highest BCUT2D eigenvalue weighted by Crippen LogP contribution is 2.34. The number of rotatable bonds is 6. The Bertz CT molecular complexity index is 1330. The summed E-state index contributed by atoms with van der Waals surface area (Å²) in [6, 6.07) is 10.3. The number of carbonyl (C=O) groups is 1. The van der Waals surface area contributed by atoms with E-state index in [-0.39, 0.29) is 12.1 Å². The molecule has 31 heavy (non-hydrogen) atoms. The van der Waals surface area contributed by atoms with Gasteiger partial charge in [0.15, 0.2) is 5.13 Å². The van der Waals surface area contributed by atoms with E-state index in [9.17, 15) is 9.59 Å². The van der Waals surface area contributed by atoms with E-state index in [4.69, 9.17) is 21.1 Å². The fourth-order valence-electron chi connectivity index (χ4n) is 3.02. The lowest BCUT2D eigenvalue weighted by molar-refractivity contribution is -0.116. The molecule has 0 aliphatic carbocycles. The van der Waals surface area contributed by atoms with Crippen molar-refractivity contribution < 1.29 is 14.3 Å². The number of nitrogens with zero attached hydrogens (tertiary/aromatic N) is 3. The van der Waals surface area contributed by atoms with Crippen LogP contribution in [0.3, 0.4) is 0 Å². The van der Waals surface area contributed by atoms with Crippen LogP contribution in [0.2, 0.25) is 5.02 Å². The fourth-order valence-corrected chi connectivity index (χ4v) is 3.92. The third-order valence-electron chi connectivity index (χ3n) is 4.54. The molecule has 4 rings (SSSR count). The average molecular weight is 457 g/mol. The zero-order valence-electron chi connectivity index (χ0n) is 16.6. The zero-order chi connectivity index (χ0) is 22.0. The number of amides is 1. The van der Waals surface area contributed by atoms with Gasteiger partial charge in [0, 0.05) is 22.0 Å². The Morgan fingerprint density at radius 1 is 1.19 bits per heavy atom. The maximum atomic E-state index is 12.6. The van der Waals surface area contributed by atoms with Crippen molar-refractivity contribution in [2.24, 2.45) is 0 Å². The van der Waals surface area contributed by atoms with Gasteiger partial charge in [-0.15, -0.1) is 11.3 Å². The normalized spacial score (nSPS) is 10.8. The standard InChI is InChI=1S/C21H17ClN4O4S/c1-29-13-4-5-14(18(8-13)30-2)17-10-31-21(24-17)25-19(27)9-26-11-23-16-6-3-12(22)7-15(16)20(26)28/h3-8,10-11H,9H2,1-2H3,(H,24,25,27). The molecule has 0 atom stereocenters. The predicted octanol–water partition coefficient (Wildman–Crippen LogP) is 3.83. The summed E-state index contributed by atoms with van der Waals surface area (Å²) in [6.07, 6.45) is 1.34. The summed E-state index contributed by atoms with van der Waals surface area (Å²) < 4.78 is 11.9. The highest BCUT2D eigenvalue weighted by Gasteiger charge is 2.14. The van der Waals surface area contributed by atoms with Gasteiger partial charge in [0.25, 0.3) is 5.56 Å². The van der Waals surface area contributed by atoms with Crippen LogP contribution in [0.1, 0.15) is 0 Å². The molecule has 0 aliphatic heterocycles. The molecule has 0 spiro atoms. The van der Waals surface area contributed by atoms with Crippen LogP contribution in [0.4, 0.5) is 5.13 Å². The third kappa shape index (κ3) is 4.37. The summed E-state index contributed by atoms with van der Waals surface area (Å²) in [4.78, 5) is 33.8. The lowest BCUT2D eigenvalue weighted by Crippen LogP contribution is -2.27. The zero-order valence-corrected chi connectivity index (χ0v) is 18.2. The van der Waals surface area contributed by atoms with Crippen molar-refractivity contribution in [1.82, 2.24) is 14.5 Å². The van der Waals surface area contributed by atoms with Crippen molar-refractivity contribution in [1.29, 1.82) is 0 Å². The summed E-state index contributed by atoms with van der Waals surface area (Å²) in [5.74, 6) is 0.878. The van der Waals surface area contributed by atoms with Crippen molar-refractivity contribution in [2.75, 3.05) is 19.5 Å². The second kappa shape index (κ2) is 8.75.